The lowest BCUT2D eigenvalue weighted by molar-refractivity contribution is 0.208. The van der Waals surface area contributed by atoms with Gasteiger partial charge in [0.25, 0.3) is 10.0 Å². The summed E-state index contributed by atoms with van der Waals surface area (Å²) in [5, 5.41) is 1.99. The summed E-state index contributed by atoms with van der Waals surface area (Å²) < 4.78 is 35.1. The van der Waals surface area contributed by atoms with E-state index in [1.165, 1.54) is 24.0 Å². The SMILES string of the molecule is CN1CCC(Oc2cc(NS(=O)(=O)c3cnc(Sc4cc(Cl)cc(Cl)c4)c(Br)c3)ccc2Cl)C1. The number of anilines is 1. The fourth-order valence-corrected chi connectivity index (χ4v) is 6.81. The molecule has 1 atom stereocenters. The van der Waals surface area contributed by atoms with Crippen LogP contribution >= 0.6 is 62.5 Å². The third-order valence-electron chi connectivity index (χ3n) is 4.97. The quantitative estimate of drug-likeness (QED) is 0.311. The van der Waals surface area contributed by atoms with E-state index in [0.717, 1.165) is 24.4 Å². The molecule has 12 heteroatoms. The molecule has 0 spiro atoms. The van der Waals surface area contributed by atoms with Gasteiger partial charge in [-0.1, -0.05) is 46.6 Å². The van der Waals surface area contributed by atoms with Crippen LogP contribution < -0.4 is 9.46 Å². The van der Waals surface area contributed by atoms with E-state index < -0.39 is 10.0 Å². The second-order valence-electron chi connectivity index (χ2n) is 7.71. The number of ether oxygens (including phenoxy) is 1. The highest BCUT2D eigenvalue weighted by Crippen LogP contribution is 2.36. The van der Waals surface area contributed by atoms with E-state index >= 15 is 0 Å². The fourth-order valence-electron chi connectivity index (χ4n) is 3.37. The number of likely N-dealkylation sites (tertiary alicyclic amines) is 1. The molecule has 1 aliphatic rings. The van der Waals surface area contributed by atoms with Crippen molar-refractivity contribution in [2.75, 3.05) is 24.9 Å². The van der Waals surface area contributed by atoms with E-state index in [-0.39, 0.29) is 11.0 Å². The summed E-state index contributed by atoms with van der Waals surface area (Å²) in [4.78, 5) is 7.26. The number of halogens is 4. The highest BCUT2D eigenvalue weighted by atomic mass is 79.9. The zero-order chi connectivity index (χ0) is 24.5. The number of sulfonamides is 1. The van der Waals surface area contributed by atoms with Gasteiger partial charge in [-0.25, -0.2) is 13.4 Å². The van der Waals surface area contributed by atoms with Crippen molar-refractivity contribution in [1.29, 1.82) is 0 Å². The minimum atomic E-state index is -3.91. The van der Waals surface area contributed by atoms with Gasteiger partial charge in [0, 0.05) is 40.3 Å². The van der Waals surface area contributed by atoms with Gasteiger partial charge in [0.15, 0.2) is 0 Å². The number of nitrogens with one attached hydrogen (secondary N) is 1. The number of aromatic nitrogens is 1. The van der Waals surface area contributed by atoms with Crippen molar-refractivity contribution in [2.45, 2.75) is 27.3 Å². The maximum absolute atomic E-state index is 13.0. The molecule has 34 heavy (non-hydrogen) atoms. The number of benzene rings is 2. The molecule has 2 heterocycles. The predicted molar refractivity (Wildman–Crippen MR) is 141 cm³/mol. The maximum Gasteiger partial charge on any atom is 0.263 e. The second kappa shape index (κ2) is 10.8. The molecule has 2 aromatic carbocycles. The Morgan fingerprint density at radius 3 is 2.53 bits per heavy atom. The third-order valence-corrected chi connectivity index (χ3v) is 8.92. The third kappa shape index (κ3) is 6.51. The molecule has 1 aromatic heterocycles. The van der Waals surface area contributed by atoms with Crippen LogP contribution in [0.25, 0.3) is 0 Å². The summed E-state index contributed by atoms with van der Waals surface area (Å²) in [7, 11) is -1.88. The molecule has 180 valence electrons. The normalized spacial score (nSPS) is 16.6. The molecule has 0 aliphatic carbocycles. The summed E-state index contributed by atoms with van der Waals surface area (Å²) in [6.07, 6.45) is 2.19. The van der Waals surface area contributed by atoms with Crippen molar-refractivity contribution in [3.63, 3.8) is 0 Å². The molecule has 1 saturated heterocycles. The zero-order valence-corrected chi connectivity index (χ0v) is 23.3. The Kier molecular flexibility index (Phi) is 8.24. The zero-order valence-electron chi connectivity index (χ0n) is 17.8. The summed E-state index contributed by atoms with van der Waals surface area (Å²) >= 11 is 23.1. The van der Waals surface area contributed by atoms with Crippen LogP contribution in [0.15, 0.2) is 68.0 Å². The molecule has 0 bridgehead atoms. The fraction of sp³-hybridized carbons (Fsp3) is 0.227. The largest absolute Gasteiger partial charge is 0.487 e. The van der Waals surface area contributed by atoms with Crippen LogP contribution in [0.1, 0.15) is 6.42 Å². The van der Waals surface area contributed by atoms with Crippen LogP contribution in [0, 0.1) is 0 Å². The number of hydrogen-bond acceptors (Lipinski definition) is 6. The summed E-state index contributed by atoms with van der Waals surface area (Å²) in [6.45, 7) is 1.73. The minimum absolute atomic E-state index is 0.00249. The van der Waals surface area contributed by atoms with Crippen molar-refractivity contribution in [3.8, 4) is 5.75 Å². The first kappa shape index (κ1) is 25.9. The predicted octanol–water partition coefficient (Wildman–Crippen LogP) is 6.84. The Labute approximate surface area is 226 Å². The number of hydrogen-bond donors (Lipinski definition) is 1. The van der Waals surface area contributed by atoms with Gasteiger partial charge in [-0.2, -0.15) is 0 Å². The molecule has 1 fully saturated rings. The van der Waals surface area contributed by atoms with Gasteiger partial charge in [0.2, 0.25) is 0 Å². The number of pyridine rings is 1. The minimum Gasteiger partial charge on any atom is -0.487 e. The molecule has 0 saturated carbocycles. The lowest BCUT2D eigenvalue weighted by Crippen LogP contribution is -2.21. The average Bonchev–Trinajstić information content (AvgIpc) is 3.15. The molecule has 1 aliphatic heterocycles. The Hall–Kier alpha value is -1.20. The maximum atomic E-state index is 13.0. The molecule has 6 nitrogen and oxygen atoms in total. The van der Waals surface area contributed by atoms with Crippen LogP contribution in [0.2, 0.25) is 15.1 Å². The van der Waals surface area contributed by atoms with E-state index in [0.29, 0.717) is 36.0 Å². The Morgan fingerprint density at radius 2 is 1.88 bits per heavy atom. The van der Waals surface area contributed by atoms with Crippen molar-refractivity contribution in [2.24, 2.45) is 0 Å². The molecule has 1 unspecified atom stereocenters. The first-order valence-corrected chi connectivity index (χ1v) is 14.3. The van der Waals surface area contributed by atoms with E-state index in [2.05, 4.69) is 30.5 Å². The Morgan fingerprint density at radius 1 is 1.15 bits per heavy atom. The average molecular weight is 624 g/mol. The van der Waals surface area contributed by atoms with Crippen molar-refractivity contribution in [3.05, 3.63) is 68.2 Å². The number of rotatable bonds is 7. The van der Waals surface area contributed by atoms with Crippen LogP contribution in [0.4, 0.5) is 5.69 Å². The lowest BCUT2D eigenvalue weighted by atomic mass is 10.3. The van der Waals surface area contributed by atoms with E-state index in [1.54, 1.807) is 36.4 Å². The summed E-state index contributed by atoms with van der Waals surface area (Å²) in [5.41, 5.74) is 0.342. The van der Waals surface area contributed by atoms with Gasteiger partial charge in [0.05, 0.1) is 15.2 Å². The molecular formula is C22H19BrCl3N3O3S2. The first-order valence-electron chi connectivity index (χ1n) is 10.1. The topological polar surface area (TPSA) is 71.5 Å². The first-order chi connectivity index (χ1) is 16.1. The van der Waals surface area contributed by atoms with Gasteiger partial charge >= 0.3 is 0 Å². The van der Waals surface area contributed by atoms with Crippen molar-refractivity contribution < 1.29 is 13.2 Å². The van der Waals surface area contributed by atoms with Gasteiger partial charge < -0.3 is 9.64 Å². The standard InChI is InChI=1S/C22H19BrCl3N3O3S2/c1-29-5-4-16(12-29)32-21-9-15(2-3-20(21)26)28-34(30,31)18-10-19(23)22(27-11-18)33-17-7-13(24)6-14(25)8-17/h2-3,6-11,16,28H,4-5,12H2,1H3. The highest BCUT2D eigenvalue weighted by Gasteiger charge is 2.23. The van der Waals surface area contributed by atoms with E-state index in [9.17, 15) is 8.42 Å². The van der Waals surface area contributed by atoms with Gasteiger partial charge in [-0.15, -0.1) is 0 Å². The molecular weight excluding hydrogens is 605 g/mol. The highest BCUT2D eigenvalue weighted by molar-refractivity contribution is 9.10. The number of likely N-dealkylation sites (N-methyl/N-ethyl adjacent to an activating group) is 1. The summed E-state index contributed by atoms with van der Waals surface area (Å²) in [6, 6.07) is 11.4. The van der Waals surface area contributed by atoms with Gasteiger partial charge in [0.1, 0.15) is 21.8 Å². The molecule has 0 amide bonds. The Bertz CT molecular complexity index is 1310. The van der Waals surface area contributed by atoms with Crippen LogP contribution in [0.3, 0.4) is 0 Å². The molecule has 0 radical (unpaired) electrons. The monoisotopic (exact) mass is 621 g/mol. The van der Waals surface area contributed by atoms with Gasteiger partial charge in [-0.05, 0) is 65.8 Å². The lowest BCUT2D eigenvalue weighted by Gasteiger charge is -2.16. The molecule has 3 aromatic rings. The molecule has 1 N–H and O–H groups in total. The summed E-state index contributed by atoms with van der Waals surface area (Å²) in [5.74, 6) is 0.438. The van der Waals surface area contributed by atoms with Crippen LogP contribution in [-0.4, -0.2) is 44.5 Å². The van der Waals surface area contributed by atoms with Crippen molar-refractivity contribution in [1.82, 2.24) is 9.88 Å². The molecule has 4 rings (SSSR count). The second-order valence-corrected chi connectivity index (χ2v) is 12.6. The van der Waals surface area contributed by atoms with E-state index in [4.69, 9.17) is 39.5 Å². The number of nitrogens with zero attached hydrogens (tertiary/aromatic N) is 2. The smallest absolute Gasteiger partial charge is 0.263 e. The van der Waals surface area contributed by atoms with E-state index in [1.807, 2.05) is 7.05 Å². The Balaban J connectivity index is 1.51. The van der Waals surface area contributed by atoms with Crippen LogP contribution in [0.5, 0.6) is 5.75 Å². The van der Waals surface area contributed by atoms with Gasteiger partial charge in [-0.3, -0.25) is 4.72 Å². The van der Waals surface area contributed by atoms with Crippen LogP contribution in [-0.2, 0) is 10.0 Å². The van der Waals surface area contributed by atoms with Crippen molar-refractivity contribution >= 4 is 78.2 Å².